The molecule has 4 rings (SSSR count). The molecule has 6 atom stereocenters. The third-order valence-corrected chi connectivity index (χ3v) is 6.28. The Balaban J connectivity index is 1.57. The standard InChI is InChI=1S/C22H24Cl2O6/c1-11-3-4-14(8-16(11)24)22-28-18-10-27-21(13-5-6-15(23)12(2)7-13)30-20(18)19(29-22)17(26)9-25/h3-8,17-22,25-26H,9-10H2,1-2H3/t17-,18+,19-,20-,21?,22?/m1/s1. The lowest BCUT2D eigenvalue weighted by Crippen LogP contribution is -2.58. The number of rotatable bonds is 4. The summed E-state index contributed by atoms with van der Waals surface area (Å²) < 4.78 is 24.1. The van der Waals surface area contributed by atoms with Crippen LogP contribution in [-0.2, 0) is 18.9 Å². The van der Waals surface area contributed by atoms with Crippen LogP contribution in [0, 0.1) is 13.8 Å². The van der Waals surface area contributed by atoms with Gasteiger partial charge in [0.2, 0.25) is 0 Å². The normalized spacial score (nSPS) is 30.0. The summed E-state index contributed by atoms with van der Waals surface area (Å²) >= 11 is 12.4. The van der Waals surface area contributed by atoms with Crippen LogP contribution in [0.2, 0.25) is 10.0 Å². The summed E-state index contributed by atoms with van der Waals surface area (Å²) in [6.45, 7) is 3.58. The Kier molecular flexibility index (Phi) is 6.67. The summed E-state index contributed by atoms with van der Waals surface area (Å²) in [6, 6.07) is 11.0. The molecule has 2 heterocycles. The number of fused-ring (bicyclic) bond motifs is 1. The molecule has 8 heteroatoms. The van der Waals surface area contributed by atoms with Crippen LogP contribution in [0.4, 0.5) is 0 Å². The fraction of sp³-hybridized carbons (Fsp3) is 0.455. The van der Waals surface area contributed by atoms with E-state index in [0.29, 0.717) is 10.0 Å². The highest BCUT2D eigenvalue weighted by Crippen LogP contribution is 2.39. The van der Waals surface area contributed by atoms with Crippen molar-refractivity contribution in [2.24, 2.45) is 0 Å². The first-order chi connectivity index (χ1) is 14.4. The zero-order valence-electron chi connectivity index (χ0n) is 16.6. The van der Waals surface area contributed by atoms with Gasteiger partial charge in [-0.2, -0.15) is 0 Å². The van der Waals surface area contributed by atoms with Crippen LogP contribution in [0.15, 0.2) is 36.4 Å². The minimum Gasteiger partial charge on any atom is -0.394 e. The molecule has 2 aromatic carbocycles. The van der Waals surface area contributed by atoms with E-state index in [1.54, 1.807) is 12.1 Å². The molecule has 162 valence electrons. The van der Waals surface area contributed by atoms with Crippen molar-refractivity contribution >= 4 is 23.2 Å². The summed E-state index contributed by atoms with van der Waals surface area (Å²) in [5, 5.41) is 21.2. The number of aliphatic hydroxyl groups excluding tert-OH is 2. The van der Waals surface area contributed by atoms with Crippen LogP contribution in [0.3, 0.4) is 0 Å². The molecule has 2 fully saturated rings. The Labute approximate surface area is 185 Å². The van der Waals surface area contributed by atoms with E-state index >= 15 is 0 Å². The lowest BCUT2D eigenvalue weighted by Gasteiger charge is -2.47. The quantitative estimate of drug-likeness (QED) is 0.730. The van der Waals surface area contributed by atoms with Gasteiger partial charge in [-0.1, -0.05) is 41.4 Å². The average Bonchev–Trinajstić information content (AvgIpc) is 2.75. The summed E-state index contributed by atoms with van der Waals surface area (Å²) in [5.41, 5.74) is 3.36. The Morgan fingerprint density at radius 3 is 2.37 bits per heavy atom. The van der Waals surface area contributed by atoms with Crippen molar-refractivity contribution in [3.8, 4) is 0 Å². The van der Waals surface area contributed by atoms with Crippen molar-refractivity contribution in [2.45, 2.75) is 50.8 Å². The van der Waals surface area contributed by atoms with Crippen LogP contribution in [0.5, 0.6) is 0 Å². The third kappa shape index (κ3) is 4.38. The van der Waals surface area contributed by atoms with E-state index in [-0.39, 0.29) is 6.61 Å². The van der Waals surface area contributed by atoms with Crippen molar-refractivity contribution in [1.82, 2.24) is 0 Å². The Morgan fingerprint density at radius 1 is 0.933 bits per heavy atom. The lowest BCUT2D eigenvalue weighted by molar-refractivity contribution is -0.373. The molecule has 2 saturated heterocycles. The topological polar surface area (TPSA) is 77.4 Å². The molecular weight excluding hydrogens is 431 g/mol. The molecule has 0 saturated carbocycles. The van der Waals surface area contributed by atoms with Crippen LogP contribution in [0.25, 0.3) is 0 Å². The van der Waals surface area contributed by atoms with Gasteiger partial charge in [0, 0.05) is 21.2 Å². The maximum Gasteiger partial charge on any atom is 0.185 e. The molecule has 2 aromatic rings. The summed E-state index contributed by atoms with van der Waals surface area (Å²) in [4.78, 5) is 0. The van der Waals surface area contributed by atoms with Crippen LogP contribution < -0.4 is 0 Å². The van der Waals surface area contributed by atoms with E-state index in [4.69, 9.17) is 42.1 Å². The van der Waals surface area contributed by atoms with E-state index in [0.717, 1.165) is 22.3 Å². The Bertz CT molecular complexity index is 905. The van der Waals surface area contributed by atoms with Gasteiger partial charge >= 0.3 is 0 Å². The first kappa shape index (κ1) is 22.0. The van der Waals surface area contributed by atoms with Crippen molar-refractivity contribution in [1.29, 1.82) is 0 Å². The van der Waals surface area contributed by atoms with E-state index in [9.17, 15) is 10.2 Å². The SMILES string of the molecule is Cc1cc(C2OC[C@@H]3OC(c4ccc(C)c(Cl)c4)O[C@H]([C@H](O)CO)[C@@H]3O2)ccc1Cl. The molecule has 0 spiro atoms. The lowest BCUT2D eigenvalue weighted by atomic mass is 9.99. The molecule has 0 aromatic heterocycles. The van der Waals surface area contributed by atoms with Crippen LogP contribution >= 0.6 is 23.2 Å². The van der Waals surface area contributed by atoms with Gasteiger partial charge in [0.25, 0.3) is 0 Å². The molecule has 0 bridgehead atoms. The summed E-state index contributed by atoms with van der Waals surface area (Å²) in [6.07, 6.45) is -4.49. The third-order valence-electron chi connectivity index (χ3n) is 5.45. The zero-order valence-corrected chi connectivity index (χ0v) is 18.1. The number of aryl methyl sites for hydroxylation is 2. The van der Waals surface area contributed by atoms with E-state index in [1.807, 2.05) is 38.1 Å². The van der Waals surface area contributed by atoms with Crippen molar-refractivity contribution in [2.75, 3.05) is 13.2 Å². The Morgan fingerprint density at radius 2 is 1.67 bits per heavy atom. The molecule has 2 aliphatic rings. The van der Waals surface area contributed by atoms with Gasteiger partial charge in [-0.25, -0.2) is 0 Å². The largest absolute Gasteiger partial charge is 0.394 e. The van der Waals surface area contributed by atoms with E-state index in [2.05, 4.69) is 0 Å². The second kappa shape index (κ2) is 9.10. The number of aliphatic hydroxyl groups is 2. The molecule has 6 nitrogen and oxygen atoms in total. The van der Waals surface area contributed by atoms with Crippen LogP contribution in [0.1, 0.15) is 34.8 Å². The molecular formula is C22H24Cl2O6. The molecule has 0 amide bonds. The van der Waals surface area contributed by atoms with Gasteiger partial charge in [0.05, 0.1) is 13.2 Å². The van der Waals surface area contributed by atoms with Gasteiger partial charge in [-0.15, -0.1) is 0 Å². The van der Waals surface area contributed by atoms with Crippen molar-refractivity contribution in [3.63, 3.8) is 0 Å². The van der Waals surface area contributed by atoms with Gasteiger partial charge in [0.15, 0.2) is 12.6 Å². The number of hydrogen-bond acceptors (Lipinski definition) is 6. The van der Waals surface area contributed by atoms with Gasteiger partial charge in [-0.05, 0) is 43.2 Å². The van der Waals surface area contributed by atoms with Gasteiger partial charge in [-0.3, -0.25) is 0 Å². The van der Waals surface area contributed by atoms with Crippen LogP contribution in [-0.4, -0.2) is 47.8 Å². The second-order valence-electron chi connectivity index (χ2n) is 7.64. The first-order valence-corrected chi connectivity index (χ1v) is 10.5. The van der Waals surface area contributed by atoms with Crippen molar-refractivity contribution < 1.29 is 29.2 Å². The molecule has 2 aliphatic heterocycles. The summed E-state index contributed by atoms with van der Waals surface area (Å²) in [7, 11) is 0. The molecule has 2 unspecified atom stereocenters. The van der Waals surface area contributed by atoms with Gasteiger partial charge in [0.1, 0.15) is 24.4 Å². The molecule has 2 N–H and O–H groups in total. The summed E-state index contributed by atoms with van der Waals surface area (Å²) in [5.74, 6) is 0. The fourth-order valence-electron chi connectivity index (χ4n) is 3.68. The second-order valence-corrected chi connectivity index (χ2v) is 8.45. The minimum absolute atomic E-state index is 0.241. The number of hydrogen-bond donors (Lipinski definition) is 2. The zero-order chi connectivity index (χ0) is 21.4. The molecule has 30 heavy (non-hydrogen) atoms. The van der Waals surface area contributed by atoms with E-state index < -0.39 is 43.6 Å². The number of benzene rings is 2. The predicted octanol–water partition coefficient (Wildman–Crippen LogP) is 3.86. The highest BCUT2D eigenvalue weighted by Gasteiger charge is 2.48. The average molecular weight is 455 g/mol. The first-order valence-electron chi connectivity index (χ1n) is 9.76. The van der Waals surface area contributed by atoms with E-state index in [1.165, 1.54) is 0 Å². The van der Waals surface area contributed by atoms with Gasteiger partial charge < -0.3 is 29.2 Å². The smallest absolute Gasteiger partial charge is 0.185 e. The highest BCUT2D eigenvalue weighted by atomic mass is 35.5. The maximum atomic E-state index is 10.4. The minimum atomic E-state index is -1.14. The number of ether oxygens (including phenoxy) is 4. The molecule has 0 radical (unpaired) electrons. The monoisotopic (exact) mass is 454 g/mol. The van der Waals surface area contributed by atoms with Crippen molar-refractivity contribution in [3.05, 3.63) is 68.7 Å². The predicted molar refractivity (Wildman–Crippen MR) is 112 cm³/mol. The maximum absolute atomic E-state index is 10.4. The highest BCUT2D eigenvalue weighted by molar-refractivity contribution is 6.31. The number of halogens is 2. The molecule has 0 aliphatic carbocycles. The fourth-order valence-corrected chi connectivity index (χ4v) is 3.99. The Hall–Kier alpha value is -1.22.